The average Bonchev–Trinajstić information content (AvgIpc) is 2.52. The lowest BCUT2D eigenvalue weighted by Gasteiger charge is -2.35. The van der Waals surface area contributed by atoms with Gasteiger partial charge in [0, 0.05) is 6.54 Å². The van der Waals surface area contributed by atoms with Crippen LogP contribution in [0.25, 0.3) is 0 Å². The summed E-state index contributed by atoms with van der Waals surface area (Å²) in [4.78, 5) is 25.6. The molecule has 1 aliphatic heterocycles. The lowest BCUT2D eigenvalue weighted by Crippen LogP contribution is -2.44. The first-order valence-electron chi connectivity index (χ1n) is 7.07. The Morgan fingerprint density at radius 1 is 1.21 bits per heavy atom. The van der Waals surface area contributed by atoms with Gasteiger partial charge in [-0.2, -0.15) is 12.6 Å². The minimum atomic E-state index is -0.780. The van der Waals surface area contributed by atoms with Gasteiger partial charge in [0.15, 0.2) is 0 Å². The topological polar surface area (TPSA) is 49.4 Å². The summed E-state index contributed by atoms with van der Waals surface area (Å²) < 4.78 is 0. The van der Waals surface area contributed by atoms with E-state index in [1.807, 2.05) is 0 Å². The minimum absolute atomic E-state index is 0.0555. The molecule has 5 heteroatoms. The quantitative estimate of drug-likeness (QED) is 0.558. The highest BCUT2D eigenvalue weighted by Gasteiger charge is 2.46. The number of amides is 3. The van der Waals surface area contributed by atoms with E-state index in [0.29, 0.717) is 12.3 Å². The zero-order valence-corrected chi connectivity index (χ0v) is 13.3. The lowest BCUT2D eigenvalue weighted by atomic mass is 9.80. The van der Waals surface area contributed by atoms with Crippen LogP contribution in [0.5, 0.6) is 0 Å². The van der Waals surface area contributed by atoms with Crippen molar-refractivity contribution in [2.45, 2.75) is 58.9 Å². The number of nitrogens with one attached hydrogen (secondary N) is 1. The van der Waals surface area contributed by atoms with Gasteiger partial charge in [0.25, 0.3) is 5.91 Å². The molecule has 19 heavy (non-hydrogen) atoms. The second-order valence-corrected chi connectivity index (χ2v) is 6.42. The monoisotopic (exact) mass is 286 g/mol. The van der Waals surface area contributed by atoms with Crippen molar-refractivity contribution in [2.75, 3.05) is 12.3 Å². The van der Waals surface area contributed by atoms with Crippen molar-refractivity contribution >= 4 is 24.6 Å². The van der Waals surface area contributed by atoms with Crippen molar-refractivity contribution < 1.29 is 9.59 Å². The maximum absolute atomic E-state index is 12.3. The van der Waals surface area contributed by atoms with Crippen LogP contribution in [0.2, 0.25) is 0 Å². The molecule has 1 N–H and O–H groups in total. The Labute approximate surface area is 121 Å². The molecule has 0 saturated carbocycles. The SMILES string of the molecule is CCCC(CS)(CCC)CN1C(=O)NC(C)(C)C1=O. The molecule has 0 bridgehead atoms. The van der Waals surface area contributed by atoms with Gasteiger partial charge < -0.3 is 5.32 Å². The highest BCUT2D eigenvalue weighted by molar-refractivity contribution is 7.80. The molecule has 4 nitrogen and oxygen atoms in total. The molecule has 0 radical (unpaired) electrons. The fourth-order valence-electron chi connectivity index (χ4n) is 2.85. The summed E-state index contributed by atoms with van der Waals surface area (Å²) in [6, 6.07) is -0.270. The van der Waals surface area contributed by atoms with E-state index in [-0.39, 0.29) is 17.4 Å². The number of rotatable bonds is 7. The van der Waals surface area contributed by atoms with Gasteiger partial charge in [0.2, 0.25) is 0 Å². The Hall–Kier alpha value is -0.710. The number of carbonyl (C=O) groups is 2. The molecule has 1 aliphatic rings. The smallest absolute Gasteiger partial charge is 0.324 e. The zero-order valence-electron chi connectivity index (χ0n) is 12.5. The molecule has 1 heterocycles. The Balaban J connectivity index is 2.90. The van der Waals surface area contributed by atoms with E-state index in [4.69, 9.17) is 0 Å². The van der Waals surface area contributed by atoms with Crippen LogP contribution in [0, 0.1) is 5.41 Å². The molecule has 1 saturated heterocycles. The first kappa shape index (κ1) is 16.3. The maximum atomic E-state index is 12.3. The van der Waals surface area contributed by atoms with Crippen LogP contribution in [0.4, 0.5) is 4.79 Å². The van der Waals surface area contributed by atoms with Crippen LogP contribution in [0.3, 0.4) is 0 Å². The molecule has 0 spiro atoms. The van der Waals surface area contributed by atoms with Gasteiger partial charge in [-0.3, -0.25) is 9.69 Å². The summed E-state index contributed by atoms with van der Waals surface area (Å²) in [5.74, 6) is 0.572. The van der Waals surface area contributed by atoms with Crippen molar-refractivity contribution in [1.29, 1.82) is 0 Å². The van der Waals surface area contributed by atoms with Crippen LogP contribution < -0.4 is 5.32 Å². The number of imide groups is 1. The summed E-state index contributed by atoms with van der Waals surface area (Å²) in [7, 11) is 0. The Morgan fingerprint density at radius 3 is 2.05 bits per heavy atom. The maximum Gasteiger partial charge on any atom is 0.325 e. The highest BCUT2D eigenvalue weighted by atomic mass is 32.1. The molecule has 0 unspecified atom stereocenters. The number of hydrogen-bond donors (Lipinski definition) is 2. The number of urea groups is 1. The van der Waals surface area contributed by atoms with Crippen LogP contribution in [0.1, 0.15) is 53.4 Å². The second-order valence-electron chi connectivity index (χ2n) is 6.10. The fraction of sp³-hybridized carbons (Fsp3) is 0.857. The molecule has 1 fully saturated rings. The van der Waals surface area contributed by atoms with Gasteiger partial charge in [-0.1, -0.05) is 26.7 Å². The predicted octanol–water partition coefficient (Wildman–Crippen LogP) is 2.83. The predicted molar refractivity (Wildman–Crippen MR) is 80.4 cm³/mol. The van der Waals surface area contributed by atoms with Crippen LogP contribution in [-0.2, 0) is 4.79 Å². The van der Waals surface area contributed by atoms with Crippen LogP contribution in [-0.4, -0.2) is 34.7 Å². The van der Waals surface area contributed by atoms with Crippen LogP contribution in [0.15, 0.2) is 0 Å². The standard InChI is InChI=1S/C14H26N2O2S/c1-5-7-14(10-19,8-6-2)9-16-11(17)13(3,4)15-12(16)18/h19H,5-10H2,1-4H3,(H,15,18). The minimum Gasteiger partial charge on any atom is -0.324 e. The van der Waals surface area contributed by atoms with E-state index in [9.17, 15) is 9.59 Å². The van der Waals surface area contributed by atoms with Crippen molar-refractivity contribution in [3.8, 4) is 0 Å². The largest absolute Gasteiger partial charge is 0.325 e. The lowest BCUT2D eigenvalue weighted by molar-refractivity contribution is -0.131. The molecule has 0 aliphatic carbocycles. The van der Waals surface area contributed by atoms with Gasteiger partial charge >= 0.3 is 6.03 Å². The molecule has 0 aromatic heterocycles. The number of thiol groups is 1. The highest BCUT2D eigenvalue weighted by Crippen LogP contribution is 2.34. The van der Waals surface area contributed by atoms with E-state index >= 15 is 0 Å². The molecular formula is C14H26N2O2S. The molecule has 1 rings (SSSR count). The zero-order chi connectivity index (χ0) is 14.7. The number of hydrogen-bond acceptors (Lipinski definition) is 3. The summed E-state index contributed by atoms with van der Waals surface area (Å²) in [5, 5.41) is 2.74. The van der Waals surface area contributed by atoms with E-state index in [1.165, 1.54) is 4.90 Å². The van der Waals surface area contributed by atoms with Crippen molar-refractivity contribution in [3.05, 3.63) is 0 Å². The van der Waals surface area contributed by atoms with E-state index in [2.05, 4.69) is 31.8 Å². The van der Waals surface area contributed by atoms with Crippen molar-refractivity contribution in [3.63, 3.8) is 0 Å². The molecule has 0 atom stereocenters. The van der Waals surface area contributed by atoms with Crippen LogP contribution >= 0.6 is 12.6 Å². The fourth-order valence-corrected chi connectivity index (χ4v) is 3.27. The van der Waals surface area contributed by atoms with Crippen molar-refractivity contribution in [2.24, 2.45) is 5.41 Å². The van der Waals surface area contributed by atoms with Gasteiger partial charge in [-0.05, 0) is 37.9 Å². The third kappa shape index (κ3) is 3.44. The normalized spacial score (nSPS) is 18.9. The van der Waals surface area contributed by atoms with Crippen molar-refractivity contribution in [1.82, 2.24) is 10.2 Å². The van der Waals surface area contributed by atoms with E-state index < -0.39 is 5.54 Å². The Bertz CT molecular complexity index is 349. The number of carbonyl (C=O) groups excluding carboxylic acids is 2. The van der Waals surface area contributed by atoms with Gasteiger partial charge in [0.05, 0.1) is 0 Å². The second kappa shape index (κ2) is 6.16. The summed E-state index contributed by atoms with van der Waals surface area (Å²) >= 11 is 4.47. The average molecular weight is 286 g/mol. The van der Waals surface area contributed by atoms with E-state index in [0.717, 1.165) is 25.7 Å². The van der Waals surface area contributed by atoms with Gasteiger partial charge in [-0.15, -0.1) is 0 Å². The molecule has 0 aromatic rings. The van der Waals surface area contributed by atoms with Gasteiger partial charge in [0.1, 0.15) is 5.54 Å². The molecule has 3 amide bonds. The third-order valence-electron chi connectivity index (χ3n) is 3.83. The van der Waals surface area contributed by atoms with Gasteiger partial charge in [-0.25, -0.2) is 4.79 Å². The molecular weight excluding hydrogens is 260 g/mol. The Kier molecular flexibility index (Phi) is 5.30. The summed E-state index contributed by atoms with van der Waals surface area (Å²) in [6.07, 6.45) is 4.05. The first-order valence-corrected chi connectivity index (χ1v) is 7.70. The molecule has 110 valence electrons. The first-order chi connectivity index (χ1) is 8.82. The summed E-state index contributed by atoms with van der Waals surface area (Å²) in [6.45, 7) is 8.23. The summed E-state index contributed by atoms with van der Waals surface area (Å²) in [5.41, 5.74) is -0.835. The third-order valence-corrected chi connectivity index (χ3v) is 4.50. The number of nitrogens with zero attached hydrogens (tertiary/aromatic N) is 1. The Morgan fingerprint density at radius 2 is 1.74 bits per heavy atom. The molecule has 0 aromatic carbocycles. The van der Waals surface area contributed by atoms with E-state index in [1.54, 1.807) is 13.8 Å².